The van der Waals surface area contributed by atoms with Gasteiger partial charge >= 0.3 is 5.97 Å². The first kappa shape index (κ1) is 20.3. The standard InChI is InChI=1S/C20H17Cl2FN2O3/c1-11(18-13(21)9-10-14(23)19(18)22)28-17(26)8-4-7-16-24-15-6-3-2-5-12(15)20(27)25-16/h2-3,5-6,9-11H,4,7-8H2,1H3,(H,24,25,27). The zero-order valence-corrected chi connectivity index (χ0v) is 16.5. The van der Waals surface area contributed by atoms with Gasteiger partial charge in [-0.15, -0.1) is 0 Å². The maximum absolute atomic E-state index is 13.6. The van der Waals surface area contributed by atoms with Crippen LogP contribution in [-0.4, -0.2) is 15.9 Å². The minimum atomic E-state index is -0.790. The van der Waals surface area contributed by atoms with Crippen molar-refractivity contribution >= 4 is 40.1 Å². The van der Waals surface area contributed by atoms with Crippen molar-refractivity contribution in [1.29, 1.82) is 0 Å². The molecule has 0 saturated heterocycles. The lowest BCUT2D eigenvalue weighted by atomic mass is 10.1. The smallest absolute Gasteiger partial charge is 0.306 e. The molecule has 1 unspecified atom stereocenters. The number of hydrogen-bond donors (Lipinski definition) is 1. The number of hydrogen-bond acceptors (Lipinski definition) is 4. The molecule has 0 aliphatic rings. The number of fused-ring (bicyclic) bond motifs is 1. The first-order valence-electron chi connectivity index (χ1n) is 8.67. The molecule has 0 aliphatic carbocycles. The molecule has 0 amide bonds. The van der Waals surface area contributed by atoms with Crippen molar-refractivity contribution in [3.05, 3.63) is 74.0 Å². The van der Waals surface area contributed by atoms with Gasteiger partial charge in [0.05, 0.1) is 15.9 Å². The van der Waals surface area contributed by atoms with Crippen molar-refractivity contribution in [2.45, 2.75) is 32.3 Å². The predicted molar refractivity (Wildman–Crippen MR) is 106 cm³/mol. The van der Waals surface area contributed by atoms with Gasteiger partial charge in [-0.2, -0.15) is 0 Å². The Bertz CT molecular complexity index is 1080. The highest BCUT2D eigenvalue weighted by atomic mass is 35.5. The van der Waals surface area contributed by atoms with E-state index in [1.807, 2.05) is 0 Å². The molecule has 28 heavy (non-hydrogen) atoms. The van der Waals surface area contributed by atoms with Gasteiger partial charge in [-0.1, -0.05) is 35.3 Å². The Hall–Kier alpha value is -2.44. The van der Waals surface area contributed by atoms with Crippen LogP contribution in [0.4, 0.5) is 4.39 Å². The van der Waals surface area contributed by atoms with Gasteiger partial charge in [0, 0.05) is 23.4 Å². The number of H-pyrrole nitrogens is 1. The van der Waals surface area contributed by atoms with Crippen LogP contribution in [0.3, 0.4) is 0 Å². The quantitative estimate of drug-likeness (QED) is 0.448. The number of benzene rings is 2. The average molecular weight is 423 g/mol. The number of aromatic amines is 1. The number of carbonyl (C=O) groups excluding carboxylic acids is 1. The Morgan fingerprint density at radius 2 is 2.00 bits per heavy atom. The molecule has 5 nitrogen and oxygen atoms in total. The van der Waals surface area contributed by atoms with Crippen LogP contribution in [0, 0.1) is 5.82 Å². The highest BCUT2D eigenvalue weighted by molar-refractivity contribution is 6.36. The first-order valence-corrected chi connectivity index (χ1v) is 9.43. The van der Waals surface area contributed by atoms with Gasteiger partial charge < -0.3 is 9.72 Å². The third-order valence-corrected chi connectivity index (χ3v) is 4.96. The zero-order valence-electron chi connectivity index (χ0n) is 15.0. The van der Waals surface area contributed by atoms with Gasteiger partial charge in [0.1, 0.15) is 17.7 Å². The van der Waals surface area contributed by atoms with E-state index < -0.39 is 17.9 Å². The van der Waals surface area contributed by atoms with Gasteiger partial charge in [0.25, 0.3) is 5.56 Å². The molecule has 8 heteroatoms. The van der Waals surface area contributed by atoms with Crippen molar-refractivity contribution in [3.63, 3.8) is 0 Å². The summed E-state index contributed by atoms with van der Waals surface area (Å²) in [6, 6.07) is 9.56. The summed E-state index contributed by atoms with van der Waals surface area (Å²) < 4.78 is 18.9. The van der Waals surface area contributed by atoms with Crippen LogP contribution < -0.4 is 5.56 Å². The molecule has 146 valence electrons. The summed E-state index contributed by atoms with van der Waals surface area (Å²) in [5.41, 5.74) is 0.622. The molecule has 0 aliphatic heterocycles. The van der Waals surface area contributed by atoms with E-state index in [-0.39, 0.29) is 27.6 Å². The molecule has 1 heterocycles. The Labute approximate surface area is 170 Å². The normalized spacial score (nSPS) is 12.1. The second kappa shape index (κ2) is 8.71. The summed E-state index contributed by atoms with van der Waals surface area (Å²) >= 11 is 12.0. The van der Waals surface area contributed by atoms with E-state index >= 15 is 0 Å². The largest absolute Gasteiger partial charge is 0.458 e. The van der Waals surface area contributed by atoms with Crippen molar-refractivity contribution in [2.24, 2.45) is 0 Å². The fourth-order valence-corrected chi connectivity index (χ4v) is 3.56. The Morgan fingerprint density at radius 3 is 2.79 bits per heavy atom. The van der Waals surface area contributed by atoms with E-state index in [4.69, 9.17) is 27.9 Å². The fourth-order valence-electron chi connectivity index (χ4n) is 2.88. The summed E-state index contributed by atoms with van der Waals surface area (Å²) in [5, 5.41) is 0.582. The van der Waals surface area contributed by atoms with Crippen LogP contribution in [0.1, 0.15) is 37.3 Å². The Balaban J connectivity index is 1.59. The maximum Gasteiger partial charge on any atom is 0.306 e. The topological polar surface area (TPSA) is 72.0 Å². The van der Waals surface area contributed by atoms with E-state index in [0.29, 0.717) is 29.6 Å². The van der Waals surface area contributed by atoms with Gasteiger partial charge in [-0.3, -0.25) is 9.59 Å². The molecule has 0 radical (unpaired) electrons. The molecule has 1 N–H and O–H groups in total. The minimum absolute atomic E-state index is 0.103. The number of aromatic nitrogens is 2. The Morgan fingerprint density at radius 1 is 1.25 bits per heavy atom. The third-order valence-electron chi connectivity index (χ3n) is 4.25. The van der Waals surface area contributed by atoms with Crippen molar-refractivity contribution in [1.82, 2.24) is 9.97 Å². The fraction of sp³-hybridized carbons (Fsp3) is 0.250. The van der Waals surface area contributed by atoms with Gasteiger partial charge in [-0.25, -0.2) is 9.37 Å². The number of para-hydroxylation sites is 1. The number of rotatable bonds is 6. The molecular weight excluding hydrogens is 406 g/mol. The molecule has 3 rings (SSSR count). The number of aryl methyl sites for hydroxylation is 1. The lowest BCUT2D eigenvalue weighted by molar-refractivity contribution is -0.148. The molecule has 2 aromatic carbocycles. The molecule has 0 spiro atoms. The van der Waals surface area contributed by atoms with E-state index in [0.717, 1.165) is 6.07 Å². The molecule has 1 aromatic heterocycles. The molecule has 3 aromatic rings. The van der Waals surface area contributed by atoms with Crippen molar-refractivity contribution in [3.8, 4) is 0 Å². The summed E-state index contributed by atoms with van der Waals surface area (Å²) in [6.45, 7) is 1.58. The predicted octanol–water partition coefficient (Wildman–Crippen LogP) is 5.00. The zero-order chi connectivity index (χ0) is 20.3. The SMILES string of the molecule is CC(OC(=O)CCCc1nc2ccccc2c(=O)[nH]1)c1c(Cl)ccc(F)c1Cl. The Kier molecular flexibility index (Phi) is 6.31. The van der Waals surface area contributed by atoms with Crippen LogP contribution in [0.2, 0.25) is 10.0 Å². The number of carbonyl (C=O) groups is 1. The molecule has 0 fully saturated rings. The average Bonchev–Trinajstić information content (AvgIpc) is 2.65. The number of esters is 1. The monoisotopic (exact) mass is 422 g/mol. The van der Waals surface area contributed by atoms with E-state index in [2.05, 4.69) is 9.97 Å². The lowest BCUT2D eigenvalue weighted by Gasteiger charge is -2.16. The molecule has 0 bridgehead atoms. The first-order chi connectivity index (χ1) is 13.4. The van der Waals surface area contributed by atoms with Crippen LogP contribution >= 0.6 is 23.2 Å². The molecule has 1 atom stereocenters. The minimum Gasteiger partial charge on any atom is -0.458 e. The van der Waals surface area contributed by atoms with E-state index in [1.165, 1.54) is 6.07 Å². The van der Waals surface area contributed by atoms with Crippen LogP contribution in [0.5, 0.6) is 0 Å². The molecular formula is C20H17Cl2FN2O3. The number of ether oxygens (including phenoxy) is 1. The maximum atomic E-state index is 13.6. The van der Waals surface area contributed by atoms with Crippen LogP contribution in [-0.2, 0) is 16.0 Å². The highest BCUT2D eigenvalue weighted by Crippen LogP contribution is 2.34. The second-order valence-electron chi connectivity index (χ2n) is 6.27. The summed E-state index contributed by atoms with van der Waals surface area (Å²) in [6.07, 6.45) is 0.148. The van der Waals surface area contributed by atoms with Crippen molar-refractivity contribution in [2.75, 3.05) is 0 Å². The third kappa shape index (κ3) is 4.51. The van der Waals surface area contributed by atoms with Crippen LogP contribution in [0.15, 0.2) is 41.2 Å². The number of nitrogens with one attached hydrogen (secondary N) is 1. The summed E-state index contributed by atoms with van der Waals surface area (Å²) in [7, 11) is 0. The lowest BCUT2D eigenvalue weighted by Crippen LogP contribution is -2.13. The van der Waals surface area contributed by atoms with Crippen LogP contribution in [0.25, 0.3) is 10.9 Å². The molecule has 0 saturated carbocycles. The van der Waals surface area contributed by atoms with Gasteiger partial charge in [0.2, 0.25) is 0 Å². The van der Waals surface area contributed by atoms with E-state index in [1.54, 1.807) is 31.2 Å². The number of nitrogens with zero attached hydrogens (tertiary/aromatic N) is 1. The van der Waals surface area contributed by atoms with Gasteiger partial charge in [0.15, 0.2) is 0 Å². The summed E-state index contributed by atoms with van der Waals surface area (Å²) in [4.78, 5) is 31.3. The second-order valence-corrected chi connectivity index (χ2v) is 7.06. The van der Waals surface area contributed by atoms with Crippen molar-refractivity contribution < 1.29 is 13.9 Å². The van der Waals surface area contributed by atoms with E-state index in [9.17, 15) is 14.0 Å². The highest BCUT2D eigenvalue weighted by Gasteiger charge is 2.20. The summed E-state index contributed by atoms with van der Waals surface area (Å²) in [5.74, 6) is -0.608. The number of halogens is 3. The van der Waals surface area contributed by atoms with Gasteiger partial charge in [-0.05, 0) is 37.6 Å².